The molecular weight excluding hydrogens is 340 g/mol. The summed E-state index contributed by atoms with van der Waals surface area (Å²) in [5.41, 5.74) is 3.02. The van der Waals surface area contributed by atoms with Crippen LogP contribution in [0.15, 0.2) is 54.6 Å². The van der Waals surface area contributed by atoms with Crippen LogP contribution in [0.25, 0.3) is 10.9 Å². The van der Waals surface area contributed by atoms with E-state index in [1.807, 2.05) is 52.9 Å². The zero-order valence-corrected chi connectivity index (χ0v) is 15.3. The fourth-order valence-corrected chi connectivity index (χ4v) is 4.02. The number of carbonyl (C=O) groups is 2. The Balaban J connectivity index is 1.59. The maximum Gasteiger partial charge on any atom is 0.335 e. The molecule has 0 aliphatic carbocycles. The average Bonchev–Trinajstić information content (AvgIpc) is 3.04. The number of hydrogen-bond donors (Lipinski definition) is 1. The van der Waals surface area contributed by atoms with Crippen LogP contribution < -0.4 is 0 Å². The molecule has 138 valence electrons. The third-order valence-electron chi connectivity index (χ3n) is 5.48. The first kappa shape index (κ1) is 17.3. The van der Waals surface area contributed by atoms with Gasteiger partial charge in [-0.3, -0.25) is 4.79 Å². The van der Waals surface area contributed by atoms with Gasteiger partial charge in [0, 0.05) is 37.0 Å². The molecule has 5 nitrogen and oxygen atoms in total. The molecule has 4 rings (SSSR count). The summed E-state index contributed by atoms with van der Waals surface area (Å²) in [4.78, 5) is 26.3. The van der Waals surface area contributed by atoms with Crippen LogP contribution in [0.2, 0.25) is 0 Å². The molecule has 27 heavy (non-hydrogen) atoms. The van der Waals surface area contributed by atoms with Crippen LogP contribution in [-0.4, -0.2) is 39.5 Å². The van der Waals surface area contributed by atoms with Crippen LogP contribution in [0.5, 0.6) is 0 Å². The van der Waals surface area contributed by atoms with E-state index in [9.17, 15) is 14.7 Å². The zero-order valence-electron chi connectivity index (χ0n) is 15.3. The van der Waals surface area contributed by atoms with Gasteiger partial charge in [-0.2, -0.15) is 0 Å². The molecule has 1 saturated heterocycles. The maximum atomic E-state index is 13.2. The average molecular weight is 362 g/mol. The molecule has 3 aromatic rings. The summed E-state index contributed by atoms with van der Waals surface area (Å²) in [5, 5.41) is 10.3. The number of carbonyl (C=O) groups excluding carboxylic acids is 1. The van der Waals surface area contributed by atoms with Crippen molar-refractivity contribution < 1.29 is 14.7 Å². The normalized spacial score (nSPS) is 17.2. The number of hydrogen-bond acceptors (Lipinski definition) is 2. The Morgan fingerprint density at radius 2 is 1.89 bits per heavy atom. The predicted molar refractivity (Wildman–Crippen MR) is 104 cm³/mol. The summed E-state index contributed by atoms with van der Waals surface area (Å²) >= 11 is 0. The number of fused-ring (bicyclic) bond motifs is 1. The Kier molecular flexibility index (Phi) is 4.44. The van der Waals surface area contributed by atoms with Crippen LogP contribution in [0.3, 0.4) is 0 Å². The van der Waals surface area contributed by atoms with Gasteiger partial charge < -0.3 is 14.6 Å². The molecule has 1 aliphatic rings. The fourth-order valence-electron chi connectivity index (χ4n) is 4.02. The predicted octanol–water partition coefficient (Wildman–Crippen LogP) is 3.90. The lowest BCUT2D eigenvalue weighted by Crippen LogP contribution is -2.39. The van der Waals surface area contributed by atoms with Crippen LogP contribution in [0, 0.1) is 0 Å². The van der Waals surface area contributed by atoms with E-state index in [2.05, 4.69) is 0 Å². The summed E-state index contributed by atoms with van der Waals surface area (Å²) < 4.78 is 1.95. The number of para-hydroxylation sites is 1. The molecule has 2 heterocycles. The highest BCUT2D eigenvalue weighted by atomic mass is 16.4. The first-order valence-corrected chi connectivity index (χ1v) is 9.21. The highest BCUT2D eigenvalue weighted by Gasteiger charge is 2.27. The Morgan fingerprint density at radius 3 is 2.67 bits per heavy atom. The van der Waals surface area contributed by atoms with Gasteiger partial charge in [0.2, 0.25) is 0 Å². The second kappa shape index (κ2) is 6.91. The highest BCUT2D eigenvalue weighted by molar-refractivity contribution is 5.98. The van der Waals surface area contributed by atoms with Crippen LogP contribution in [-0.2, 0) is 7.05 Å². The minimum absolute atomic E-state index is 0.0350. The Morgan fingerprint density at radius 1 is 1.07 bits per heavy atom. The standard InChI is InChI=1S/C22H22N2O3/c1-23-19-10-3-2-6-16(19)13-20(23)21(25)24-11-5-9-18(14-24)15-7-4-8-17(12-15)22(26)27/h2-4,6-8,10,12-13,18H,5,9,11,14H2,1H3,(H,26,27)/t18-/m1/s1. The fraction of sp³-hybridized carbons (Fsp3) is 0.273. The molecule has 1 aliphatic heterocycles. The number of aryl methyl sites for hydroxylation is 1. The lowest BCUT2D eigenvalue weighted by molar-refractivity contribution is 0.0684. The summed E-state index contributed by atoms with van der Waals surface area (Å²) in [7, 11) is 1.92. The number of likely N-dealkylation sites (tertiary alicyclic amines) is 1. The highest BCUT2D eigenvalue weighted by Crippen LogP contribution is 2.29. The van der Waals surface area contributed by atoms with Gasteiger partial charge in [-0.05, 0) is 42.7 Å². The summed E-state index contributed by atoms with van der Waals surface area (Å²) in [6.07, 6.45) is 1.87. The number of nitrogens with zero attached hydrogens (tertiary/aromatic N) is 2. The van der Waals surface area contributed by atoms with E-state index in [-0.39, 0.29) is 11.8 Å². The Hall–Kier alpha value is -3.08. The molecule has 0 unspecified atom stereocenters. The van der Waals surface area contributed by atoms with Crippen molar-refractivity contribution in [2.24, 2.45) is 7.05 Å². The lowest BCUT2D eigenvalue weighted by Gasteiger charge is -2.33. The van der Waals surface area contributed by atoms with E-state index in [0.29, 0.717) is 17.8 Å². The monoisotopic (exact) mass is 362 g/mol. The maximum absolute atomic E-state index is 13.2. The summed E-state index contributed by atoms with van der Waals surface area (Å²) in [5.74, 6) is -0.722. The number of carboxylic acids is 1. The minimum Gasteiger partial charge on any atom is -0.478 e. The van der Waals surface area contributed by atoms with Gasteiger partial charge in [-0.1, -0.05) is 30.3 Å². The van der Waals surface area contributed by atoms with E-state index in [4.69, 9.17) is 0 Å². The number of carboxylic acid groups (broad SMARTS) is 1. The van der Waals surface area contributed by atoms with Gasteiger partial charge in [0.15, 0.2) is 0 Å². The molecule has 1 amide bonds. The molecule has 1 aromatic heterocycles. The van der Waals surface area contributed by atoms with Gasteiger partial charge in [0.1, 0.15) is 5.69 Å². The summed E-state index contributed by atoms with van der Waals surface area (Å²) in [6.45, 7) is 1.35. The molecule has 0 radical (unpaired) electrons. The quantitative estimate of drug-likeness (QED) is 0.769. The molecule has 0 saturated carbocycles. The van der Waals surface area contributed by atoms with Crippen LogP contribution in [0.4, 0.5) is 0 Å². The first-order chi connectivity index (χ1) is 13.0. The van der Waals surface area contributed by atoms with E-state index in [1.165, 1.54) is 0 Å². The minimum atomic E-state index is -0.920. The van der Waals surface area contributed by atoms with Crippen molar-refractivity contribution in [3.8, 4) is 0 Å². The van der Waals surface area contributed by atoms with Crippen molar-refractivity contribution in [3.63, 3.8) is 0 Å². The molecular formula is C22H22N2O3. The number of piperidine rings is 1. The van der Waals surface area contributed by atoms with Crippen molar-refractivity contribution >= 4 is 22.8 Å². The van der Waals surface area contributed by atoms with Crippen LogP contribution >= 0.6 is 0 Å². The van der Waals surface area contributed by atoms with E-state index < -0.39 is 5.97 Å². The third-order valence-corrected chi connectivity index (χ3v) is 5.48. The largest absolute Gasteiger partial charge is 0.478 e. The zero-order chi connectivity index (χ0) is 19.0. The molecule has 1 N–H and O–H groups in total. The first-order valence-electron chi connectivity index (χ1n) is 9.21. The van der Waals surface area contributed by atoms with E-state index in [0.717, 1.165) is 35.9 Å². The molecule has 0 spiro atoms. The Bertz CT molecular complexity index is 1020. The SMILES string of the molecule is Cn1c(C(=O)N2CCC[C@@H](c3cccc(C(=O)O)c3)C2)cc2ccccc21. The molecule has 2 aromatic carbocycles. The number of amides is 1. The molecule has 1 atom stereocenters. The van der Waals surface area contributed by atoms with Crippen LogP contribution in [0.1, 0.15) is 45.2 Å². The third kappa shape index (κ3) is 3.21. The number of benzene rings is 2. The Labute approximate surface area is 157 Å². The number of aromatic carboxylic acids is 1. The van der Waals surface area contributed by atoms with Crippen molar-refractivity contribution in [2.45, 2.75) is 18.8 Å². The molecule has 0 bridgehead atoms. The van der Waals surface area contributed by atoms with Crippen molar-refractivity contribution in [1.29, 1.82) is 0 Å². The van der Waals surface area contributed by atoms with Crippen molar-refractivity contribution in [1.82, 2.24) is 9.47 Å². The second-order valence-corrected chi connectivity index (χ2v) is 7.17. The number of aromatic nitrogens is 1. The van der Waals surface area contributed by atoms with Crippen molar-refractivity contribution in [3.05, 3.63) is 71.4 Å². The van der Waals surface area contributed by atoms with E-state index >= 15 is 0 Å². The smallest absolute Gasteiger partial charge is 0.335 e. The van der Waals surface area contributed by atoms with Gasteiger partial charge in [0.25, 0.3) is 5.91 Å². The van der Waals surface area contributed by atoms with Gasteiger partial charge in [-0.25, -0.2) is 4.79 Å². The summed E-state index contributed by atoms with van der Waals surface area (Å²) in [6, 6.07) is 17.0. The van der Waals surface area contributed by atoms with Gasteiger partial charge in [-0.15, -0.1) is 0 Å². The van der Waals surface area contributed by atoms with Gasteiger partial charge in [0.05, 0.1) is 5.56 Å². The topological polar surface area (TPSA) is 62.5 Å². The van der Waals surface area contributed by atoms with Gasteiger partial charge >= 0.3 is 5.97 Å². The lowest BCUT2D eigenvalue weighted by atomic mass is 9.89. The number of rotatable bonds is 3. The molecule has 1 fully saturated rings. The second-order valence-electron chi connectivity index (χ2n) is 7.17. The molecule has 5 heteroatoms. The van der Waals surface area contributed by atoms with Crippen molar-refractivity contribution in [2.75, 3.05) is 13.1 Å². The van der Waals surface area contributed by atoms with E-state index in [1.54, 1.807) is 18.2 Å².